The van der Waals surface area contributed by atoms with Gasteiger partial charge in [-0.3, -0.25) is 0 Å². The zero-order valence-corrected chi connectivity index (χ0v) is 12.9. The number of alkyl halides is 1. The highest BCUT2D eigenvalue weighted by Crippen LogP contribution is 2.13. The summed E-state index contributed by atoms with van der Waals surface area (Å²) in [5, 5.41) is 0.663. The number of hydrogen-bond donors (Lipinski definition) is 1. The lowest BCUT2D eigenvalue weighted by Crippen LogP contribution is -2.23. The first kappa shape index (κ1) is 15.2. The smallest absolute Gasteiger partial charge is 0.207 e. The summed E-state index contributed by atoms with van der Waals surface area (Å²) in [5.41, 5.74) is 1.30. The standard InChI is InChI=1S/C14H13BrFNO2S/c15-9-11-5-7-13(8-6-11)20(18,19)17-10-12-3-1-2-4-14(12)16/h1-8,17H,9-10H2. The first-order valence-electron chi connectivity index (χ1n) is 5.91. The van der Waals surface area contributed by atoms with Crippen molar-refractivity contribution in [1.82, 2.24) is 4.72 Å². The van der Waals surface area contributed by atoms with Crippen molar-refractivity contribution >= 4 is 26.0 Å². The summed E-state index contributed by atoms with van der Waals surface area (Å²) in [5.74, 6) is -0.426. The Hall–Kier alpha value is -1.24. The van der Waals surface area contributed by atoms with E-state index in [9.17, 15) is 12.8 Å². The van der Waals surface area contributed by atoms with Gasteiger partial charge in [0.2, 0.25) is 10.0 Å². The second kappa shape index (κ2) is 6.47. The van der Waals surface area contributed by atoms with Gasteiger partial charge < -0.3 is 0 Å². The zero-order valence-electron chi connectivity index (χ0n) is 10.5. The quantitative estimate of drug-likeness (QED) is 0.835. The van der Waals surface area contributed by atoms with Crippen molar-refractivity contribution in [2.24, 2.45) is 0 Å². The molecule has 0 aromatic heterocycles. The lowest BCUT2D eigenvalue weighted by molar-refractivity contribution is 0.574. The molecule has 20 heavy (non-hydrogen) atoms. The molecule has 0 spiro atoms. The van der Waals surface area contributed by atoms with Crippen molar-refractivity contribution in [3.05, 3.63) is 65.5 Å². The van der Waals surface area contributed by atoms with E-state index in [0.717, 1.165) is 5.56 Å². The lowest BCUT2D eigenvalue weighted by Gasteiger charge is -2.08. The molecular formula is C14H13BrFNO2S. The maximum atomic E-state index is 13.4. The predicted molar refractivity (Wildman–Crippen MR) is 79.5 cm³/mol. The van der Waals surface area contributed by atoms with Gasteiger partial charge >= 0.3 is 0 Å². The van der Waals surface area contributed by atoms with Gasteiger partial charge in [0.25, 0.3) is 0 Å². The summed E-state index contributed by atoms with van der Waals surface area (Å²) < 4.78 is 40.0. The normalized spacial score (nSPS) is 11.5. The van der Waals surface area contributed by atoms with E-state index < -0.39 is 15.8 Å². The summed E-state index contributed by atoms with van der Waals surface area (Å²) in [6.45, 7) is -0.0742. The van der Waals surface area contributed by atoms with Crippen LogP contribution < -0.4 is 4.72 Å². The Bertz CT molecular complexity index is 687. The molecular weight excluding hydrogens is 345 g/mol. The Morgan fingerprint density at radius 3 is 2.30 bits per heavy atom. The molecule has 106 valence electrons. The van der Waals surface area contributed by atoms with Crippen LogP contribution in [0.3, 0.4) is 0 Å². The van der Waals surface area contributed by atoms with Crippen LogP contribution in [0.25, 0.3) is 0 Å². The fourth-order valence-electron chi connectivity index (χ4n) is 1.66. The molecule has 0 saturated carbocycles. The zero-order chi connectivity index (χ0) is 14.6. The first-order valence-corrected chi connectivity index (χ1v) is 8.51. The van der Waals surface area contributed by atoms with E-state index in [4.69, 9.17) is 0 Å². The third-order valence-corrected chi connectivity index (χ3v) is 4.86. The number of halogens is 2. The summed E-state index contributed by atoms with van der Waals surface area (Å²) in [4.78, 5) is 0.165. The molecule has 0 amide bonds. The highest BCUT2D eigenvalue weighted by Gasteiger charge is 2.14. The molecule has 2 aromatic rings. The van der Waals surface area contributed by atoms with Crippen LogP contribution in [0.15, 0.2) is 53.4 Å². The molecule has 0 bridgehead atoms. The number of hydrogen-bond acceptors (Lipinski definition) is 2. The SMILES string of the molecule is O=S(=O)(NCc1ccccc1F)c1ccc(CBr)cc1. The topological polar surface area (TPSA) is 46.2 Å². The van der Waals surface area contributed by atoms with Gasteiger partial charge in [0.05, 0.1) is 4.90 Å². The van der Waals surface area contributed by atoms with Crippen LogP contribution in [-0.4, -0.2) is 8.42 Å². The maximum absolute atomic E-state index is 13.4. The van der Waals surface area contributed by atoms with Gasteiger partial charge in [0.1, 0.15) is 5.82 Å². The van der Waals surface area contributed by atoms with Crippen molar-refractivity contribution < 1.29 is 12.8 Å². The van der Waals surface area contributed by atoms with Gasteiger partial charge in [-0.2, -0.15) is 0 Å². The van der Waals surface area contributed by atoms with Crippen molar-refractivity contribution in [2.75, 3.05) is 0 Å². The number of benzene rings is 2. The van der Waals surface area contributed by atoms with E-state index in [0.29, 0.717) is 10.9 Å². The van der Waals surface area contributed by atoms with Crippen LogP contribution in [0.1, 0.15) is 11.1 Å². The number of sulfonamides is 1. The third-order valence-electron chi connectivity index (χ3n) is 2.80. The predicted octanol–water partition coefficient (Wildman–Crippen LogP) is 3.20. The summed E-state index contributed by atoms with van der Waals surface area (Å²) in [7, 11) is -3.63. The van der Waals surface area contributed by atoms with Gasteiger partial charge in [0.15, 0.2) is 0 Å². The second-order valence-corrected chi connectivity index (χ2v) is 6.52. The lowest BCUT2D eigenvalue weighted by atomic mass is 10.2. The molecule has 0 atom stereocenters. The van der Waals surface area contributed by atoms with Gasteiger partial charge in [0, 0.05) is 17.4 Å². The average Bonchev–Trinajstić information content (AvgIpc) is 2.46. The Balaban J connectivity index is 2.13. The molecule has 6 heteroatoms. The third kappa shape index (κ3) is 3.65. The van der Waals surface area contributed by atoms with Crippen LogP contribution in [0, 0.1) is 5.82 Å². The fraction of sp³-hybridized carbons (Fsp3) is 0.143. The highest BCUT2D eigenvalue weighted by molar-refractivity contribution is 9.08. The Morgan fingerprint density at radius 2 is 1.70 bits per heavy atom. The molecule has 0 unspecified atom stereocenters. The molecule has 0 radical (unpaired) electrons. The molecule has 3 nitrogen and oxygen atoms in total. The minimum absolute atomic E-state index is 0.0742. The van der Waals surface area contributed by atoms with E-state index in [1.165, 1.54) is 18.2 Å². The van der Waals surface area contributed by atoms with Crippen LogP contribution in [0.2, 0.25) is 0 Å². The van der Waals surface area contributed by atoms with E-state index in [-0.39, 0.29) is 11.4 Å². The maximum Gasteiger partial charge on any atom is 0.240 e. The van der Waals surface area contributed by atoms with E-state index >= 15 is 0 Å². The highest BCUT2D eigenvalue weighted by atomic mass is 79.9. The molecule has 1 N–H and O–H groups in total. The largest absolute Gasteiger partial charge is 0.240 e. The Labute approximate surface area is 126 Å². The summed E-state index contributed by atoms with van der Waals surface area (Å²) >= 11 is 3.30. The minimum atomic E-state index is -3.63. The molecule has 0 fully saturated rings. The Morgan fingerprint density at radius 1 is 1.05 bits per heavy atom. The molecule has 0 heterocycles. The van der Waals surface area contributed by atoms with Crippen LogP contribution >= 0.6 is 15.9 Å². The molecule has 0 aliphatic heterocycles. The fourth-order valence-corrected chi connectivity index (χ4v) is 3.04. The van der Waals surface area contributed by atoms with Crippen LogP contribution in [-0.2, 0) is 21.9 Å². The van der Waals surface area contributed by atoms with E-state index in [1.54, 1.807) is 30.3 Å². The summed E-state index contributed by atoms with van der Waals surface area (Å²) in [6.07, 6.45) is 0. The molecule has 0 aliphatic rings. The van der Waals surface area contributed by atoms with Crippen molar-refractivity contribution in [3.63, 3.8) is 0 Å². The van der Waals surface area contributed by atoms with E-state index in [1.807, 2.05) is 0 Å². The number of nitrogens with one attached hydrogen (secondary N) is 1. The van der Waals surface area contributed by atoms with Gasteiger partial charge in [-0.25, -0.2) is 17.5 Å². The molecule has 2 aromatic carbocycles. The molecule has 0 aliphatic carbocycles. The molecule has 2 rings (SSSR count). The van der Waals surface area contributed by atoms with Crippen LogP contribution in [0.5, 0.6) is 0 Å². The average molecular weight is 358 g/mol. The molecule has 0 saturated heterocycles. The van der Waals surface area contributed by atoms with Gasteiger partial charge in [-0.1, -0.05) is 46.3 Å². The second-order valence-electron chi connectivity index (χ2n) is 4.19. The van der Waals surface area contributed by atoms with Gasteiger partial charge in [-0.15, -0.1) is 0 Å². The monoisotopic (exact) mass is 357 g/mol. The Kier molecular flexibility index (Phi) is 4.91. The van der Waals surface area contributed by atoms with Crippen molar-refractivity contribution in [1.29, 1.82) is 0 Å². The first-order chi connectivity index (χ1) is 9.53. The van der Waals surface area contributed by atoms with E-state index in [2.05, 4.69) is 20.7 Å². The number of rotatable bonds is 5. The van der Waals surface area contributed by atoms with Crippen molar-refractivity contribution in [3.8, 4) is 0 Å². The van der Waals surface area contributed by atoms with Gasteiger partial charge in [-0.05, 0) is 23.8 Å². The summed E-state index contributed by atoms with van der Waals surface area (Å²) in [6, 6.07) is 12.6. The minimum Gasteiger partial charge on any atom is -0.207 e. The van der Waals surface area contributed by atoms with Crippen molar-refractivity contribution in [2.45, 2.75) is 16.8 Å². The van der Waals surface area contributed by atoms with Crippen LogP contribution in [0.4, 0.5) is 4.39 Å².